The van der Waals surface area contributed by atoms with Gasteiger partial charge in [-0.2, -0.15) is 4.89 Å². The van der Waals surface area contributed by atoms with Crippen LogP contribution in [0.1, 0.15) is 47.1 Å². The highest BCUT2D eigenvalue weighted by Gasteiger charge is 2.55. The van der Waals surface area contributed by atoms with Crippen molar-refractivity contribution in [2.24, 2.45) is 0 Å². The lowest BCUT2D eigenvalue weighted by molar-refractivity contribution is -0.401. The molecule has 1 aliphatic heterocycles. The molecule has 1 aromatic rings. The molecule has 1 aromatic carbocycles. The topological polar surface area (TPSA) is 77.1 Å². The van der Waals surface area contributed by atoms with Gasteiger partial charge in [-0.25, -0.2) is 9.68 Å². The standard InChI is InChI=1S/C18H26N2O5/c1-16(2,3)23-15(22)19-18(25-24-17(4,5)6)12-10-8-9-11-13(12)20(7)14(18)21/h8-11H,1-7H3,(H,19,22)/t18-/m0/s1. The first-order valence-corrected chi connectivity index (χ1v) is 8.11. The largest absolute Gasteiger partial charge is 0.444 e. The van der Waals surface area contributed by atoms with Crippen LogP contribution in [0.3, 0.4) is 0 Å². The van der Waals surface area contributed by atoms with Gasteiger partial charge in [0.15, 0.2) is 0 Å². The maximum Gasteiger partial charge on any atom is 0.410 e. The molecule has 0 aromatic heterocycles. The van der Waals surface area contributed by atoms with Crippen molar-refractivity contribution in [2.45, 2.75) is 58.5 Å². The Labute approximate surface area is 148 Å². The molecule has 0 saturated heterocycles. The molecular weight excluding hydrogens is 324 g/mol. The summed E-state index contributed by atoms with van der Waals surface area (Å²) in [7, 11) is 1.61. The monoisotopic (exact) mass is 350 g/mol. The Hall–Kier alpha value is -2.12. The third kappa shape index (κ3) is 4.11. The Morgan fingerprint density at radius 1 is 1.08 bits per heavy atom. The first-order valence-electron chi connectivity index (χ1n) is 8.11. The van der Waals surface area contributed by atoms with E-state index in [4.69, 9.17) is 14.5 Å². The molecule has 0 spiro atoms. The minimum Gasteiger partial charge on any atom is -0.444 e. The molecule has 7 heteroatoms. The third-order valence-electron chi connectivity index (χ3n) is 3.34. The van der Waals surface area contributed by atoms with Crippen molar-refractivity contribution in [3.63, 3.8) is 0 Å². The summed E-state index contributed by atoms with van der Waals surface area (Å²) < 4.78 is 5.30. The van der Waals surface area contributed by atoms with Gasteiger partial charge in [0, 0.05) is 12.6 Å². The Balaban J connectivity index is 2.43. The second-order valence-corrected chi connectivity index (χ2v) is 7.97. The number of hydrogen-bond acceptors (Lipinski definition) is 5. The normalized spacial score (nSPS) is 20.4. The van der Waals surface area contributed by atoms with Crippen LogP contribution in [0.5, 0.6) is 0 Å². The number of carbonyl (C=O) groups excluding carboxylic acids is 2. The lowest BCUT2D eigenvalue weighted by Crippen LogP contribution is -2.56. The van der Waals surface area contributed by atoms with Crippen molar-refractivity contribution in [3.05, 3.63) is 29.8 Å². The summed E-state index contributed by atoms with van der Waals surface area (Å²) in [5.74, 6) is -0.469. The van der Waals surface area contributed by atoms with E-state index >= 15 is 0 Å². The molecule has 7 nitrogen and oxygen atoms in total. The molecule has 1 N–H and O–H groups in total. The van der Waals surface area contributed by atoms with Crippen molar-refractivity contribution >= 4 is 17.7 Å². The lowest BCUT2D eigenvalue weighted by atomic mass is 10.0. The van der Waals surface area contributed by atoms with Crippen molar-refractivity contribution < 1.29 is 24.1 Å². The second-order valence-electron chi connectivity index (χ2n) is 7.97. The number of hydrogen-bond donors (Lipinski definition) is 1. The summed E-state index contributed by atoms with van der Waals surface area (Å²) in [5, 5.41) is 2.56. The number of ether oxygens (including phenoxy) is 1. The van der Waals surface area contributed by atoms with Crippen LogP contribution in [0.2, 0.25) is 0 Å². The average Bonchev–Trinajstić information content (AvgIpc) is 2.66. The van der Waals surface area contributed by atoms with Crippen molar-refractivity contribution in [2.75, 3.05) is 11.9 Å². The minimum absolute atomic E-state index is 0.469. The first-order chi connectivity index (χ1) is 11.4. The summed E-state index contributed by atoms with van der Waals surface area (Å²) >= 11 is 0. The van der Waals surface area contributed by atoms with Crippen LogP contribution >= 0.6 is 0 Å². The van der Waals surface area contributed by atoms with Gasteiger partial charge in [0.1, 0.15) is 5.60 Å². The number of nitrogens with zero attached hydrogens (tertiary/aromatic N) is 1. The van der Waals surface area contributed by atoms with E-state index in [1.54, 1.807) is 72.9 Å². The number of likely N-dealkylation sites (N-methyl/N-ethyl adjacent to an activating group) is 1. The van der Waals surface area contributed by atoms with Gasteiger partial charge in [0.05, 0.1) is 11.3 Å². The smallest absolute Gasteiger partial charge is 0.410 e. The van der Waals surface area contributed by atoms with E-state index in [1.807, 2.05) is 0 Å². The maximum atomic E-state index is 13.0. The number of carbonyl (C=O) groups is 2. The van der Waals surface area contributed by atoms with E-state index < -0.39 is 28.9 Å². The molecule has 1 atom stereocenters. The molecular formula is C18H26N2O5. The average molecular weight is 350 g/mol. The molecule has 0 unspecified atom stereocenters. The number of alkyl carbamates (subject to hydrolysis) is 1. The van der Waals surface area contributed by atoms with Crippen LogP contribution in [-0.2, 0) is 25.0 Å². The molecule has 0 aliphatic carbocycles. The predicted octanol–water partition coefficient (Wildman–Crippen LogP) is 3.09. The van der Waals surface area contributed by atoms with E-state index in [2.05, 4.69) is 5.32 Å². The van der Waals surface area contributed by atoms with E-state index in [0.717, 1.165) is 0 Å². The van der Waals surface area contributed by atoms with Gasteiger partial charge >= 0.3 is 6.09 Å². The van der Waals surface area contributed by atoms with Crippen molar-refractivity contribution in [1.82, 2.24) is 5.32 Å². The van der Waals surface area contributed by atoms with E-state index in [0.29, 0.717) is 11.3 Å². The van der Waals surface area contributed by atoms with Crippen LogP contribution in [0.25, 0.3) is 0 Å². The molecule has 0 saturated carbocycles. The fourth-order valence-corrected chi connectivity index (χ4v) is 2.38. The van der Waals surface area contributed by atoms with Crippen LogP contribution < -0.4 is 10.2 Å². The molecule has 0 bridgehead atoms. The van der Waals surface area contributed by atoms with Gasteiger partial charge in [-0.05, 0) is 47.6 Å². The number of fused-ring (bicyclic) bond motifs is 1. The highest BCUT2D eigenvalue weighted by molar-refractivity contribution is 6.07. The summed E-state index contributed by atoms with van der Waals surface area (Å²) in [5.41, 5.74) is -2.10. The fourth-order valence-electron chi connectivity index (χ4n) is 2.38. The molecule has 1 aliphatic rings. The summed E-state index contributed by atoms with van der Waals surface area (Å²) in [6.45, 7) is 10.6. The van der Waals surface area contributed by atoms with Gasteiger partial charge in [-0.15, -0.1) is 0 Å². The zero-order chi connectivity index (χ0) is 19.0. The maximum absolute atomic E-state index is 13.0. The lowest BCUT2D eigenvalue weighted by Gasteiger charge is -2.32. The Bertz CT molecular complexity index is 675. The number of amides is 2. The van der Waals surface area contributed by atoms with Gasteiger partial charge in [-0.3, -0.25) is 10.1 Å². The van der Waals surface area contributed by atoms with Gasteiger partial charge in [-0.1, -0.05) is 18.2 Å². The summed E-state index contributed by atoms with van der Waals surface area (Å²) in [6.07, 6.45) is -0.775. The molecule has 2 rings (SSSR count). The number of para-hydroxylation sites is 1. The molecule has 138 valence electrons. The Morgan fingerprint density at radius 3 is 2.24 bits per heavy atom. The van der Waals surface area contributed by atoms with Crippen molar-refractivity contribution in [3.8, 4) is 0 Å². The van der Waals surface area contributed by atoms with Crippen molar-refractivity contribution in [1.29, 1.82) is 0 Å². The Morgan fingerprint density at radius 2 is 1.68 bits per heavy atom. The molecule has 0 radical (unpaired) electrons. The molecule has 25 heavy (non-hydrogen) atoms. The highest BCUT2D eigenvalue weighted by atomic mass is 17.2. The van der Waals surface area contributed by atoms with Crippen LogP contribution in [0.15, 0.2) is 24.3 Å². The summed E-state index contributed by atoms with van der Waals surface area (Å²) in [6, 6.07) is 7.04. The zero-order valence-corrected chi connectivity index (χ0v) is 15.8. The first kappa shape index (κ1) is 19.2. The third-order valence-corrected chi connectivity index (χ3v) is 3.34. The summed E-state index contributed by atoms with van der Waals surface area (Å²) in [4.78, 5) is 37.7. The van der Waals surface area contributed by atoms with Crippen LogP contribution in [0.4, 0.5) is 10.5 Å². The van der Waals surface area contributed by atoms with Gasteiger partial charge < -0.3 is 9.64 Å². The van der Waals surface area contributed by atoms with E-state index in [9.17, 15) is 9.59 Å². The SMILES string of the molecule is CN1C(=O)[C@@](NC(=O)OC(C)(C)C)(OOC(C)(C)C)c2ccccc21. The van der Waals surface area contributed by atoms with Gasteiger partial charge in [0.2, 0.25) is 0 Å². The van der Waals surface area contributed by atoms with Gasteiger partial charge in [0.25, 0.3) is 11.6 Å². The number of nitrogens with one attached hydrogen (secondary N) is 1. The minimum atomic E-state index is -1.80. The fraction of sp³-hybridized carbons (Fsp3) is 0.556. The molecule has 1 heterocycles. The van der Waals surface area contributed by atoms with Crippen LogP contribution in [0, 0.1) is 0 Å². The van der Waals surface area contributed by atoms with E-state index in [1.165, 1.54) is 4.90 Å². The number of rotatable bonds is 3. The van der Waals surface area contributed by atoms with Crippen LogP contribution in [-0.4, -0.2) is 30.3 Å². The molecule has 2 amide bonds. The number of anilines is 1. The predicted molar refractivity (Wildman–Crippen MR) is 92.8 cm³/mol. The zero-order valence-electron chi connectivity index (χ0n) is 15.8. The van der Waals surface area contributed by atoms with E-state index in [-0.39, 0.29) is 0 Å². The quantitative estimate of drug-likeness (QED) is 0.515. The Kier molecular flexibility index (Phi) is 4.85. The number of benzene rings is 1. The highest BCUT2D eigenvalue weighted by Crippen LogP contribution is 2.41. The second kappa shape index (κ2) is 6.31. The molecule has 0 fully saturated rings.